The first kappa shape index (κ1) is 9.84. The average molecular weight is 186 g/mol. The van der Waals surface area contributed by atoms with Crippen molar-refractivity contribution >= 4 is 0 Å². The molecule has 3 heteroatoms. The van der Waals surface area contributed by atoms with Crippen LogP contribution >= 0.6 is 0 Å². The summed E-state index contributed by atoms with van der Waals surface area (Å²) < 4.78 is 37.3. The van der Waals surface area contributed by atoms with E-state index in [0.717, 1.165) is 18.2 Å². The fourth-order valence-corrected chi connectivity index (χ4v) is 1.12. The van der Waals surface area contributed by atoms with Gasteiger partial charge in [0.25, 0.3) is 6.43 Å². The molecule has 0 N–H and O–H groups in total. The summed E-state index contributed by atoms with van der Waals surface area (Å²) in [6.07, 6.45) is -0.825. The molecule has 0 aliphatic rings. The molecule has 0 saturated heterocycles. The SMILES string of the molecule is C=CCc1cc(F)ccc1C(F)F. The predicted molar refractivity (Wildman–Crippen MR) is 45.3 cm³/mol. The molecule has 1 rings (SSSR count). The van der Waals surface area contributed by atoms with E-state index in [4.69, 9.17) is 0 Å². The smallest absolute Gasteiger partial charge is 0.207 e. The lowest BCUT2D eigenvalue weighted by Gasteiger charge is -2.06. The van der Waals surface area contributed by atoms with Gasteiger partial charge in [-0.1, -0.05) is 12.1 Å². The Hall–Kier alpha value is -1.25. The first-order valence-corrected chi connectivity index (χ1v) is 3.82. The summed E-state index contributed by atoms with van der Waals surface area (Å²) in [5.41, 5.74) is 0.173. The van der Waals surface area contributed by atoms with Gasteiger partial charge in [-0.3, -0.25) is 0 Å². The van der Waals surface area contributed by atoms with E-state index in [0.29, 0.717) is 5.56 Å². The molecule has 0 amide bonds. The van der Waals surface area contributed by atoms with E-state index in [1.165, 1.54) is 6.08 Å². The van der Waals surface area contributed by atoms with Crippen LogP contribution in [0.3, 0.4) is 0 Å². The number of alkyl halides is 2. The Morgan fingerprint density at radius 2 is 2.08 bits per heavy atom. The second-order valence-electron chi connectivity index (χ2n) is 2.64. The molecule has 0 unspecified atom stereocenters. The Morgan fingerprint density at radius 3 is 2.62 bits per heavy atom. The van der Waals surface area contributed by atoms with E-state index >= 15 is 0 Å². The topological polar surface area (TPSA) is 0 Å². The number of halogens is 3. The van der Waals surface area contributed by atoms with Crippen LogP contribution < -0.4 is 0 Å². The van der Waals surface area contributed by atoms with E-state index in [9.17, 15) is 13.2 Å². The van der Waals surface area contributed by atoms with E-state index in [1.807, 2.05) is 0 Å². The lowest BCUT2D eigenvalue weighted by Crippen LogP contribution is -1.94. The van der Waals surface area contributed by atoms with Crippen molar-refractivity contribution < 1.29 is 13.2 Å². The van der Waals surface area contributed by atoms with Gasteiger partial charge in [-0.05, 0) is 24.1 Å². The zero-order chi connectivity index (χ0) is 9.84. The Labute approximate surface area is 74.7 Å². The quantitative estimate of drug-likeness (QED) is 0.634. The number of hydrogen-bond donors (Lipinski definition) is 0. The largest absolute Gasteiger partial charge is 0.264 e. The third-order valence-electron chi connectivity index (χ3n) is 1.70. The van der Waals surface area contributed by atoms with Gasteiger partial charge < -0.3 is 0 Å². The normalized spacial score (nSPS) is 10.5. The predicted octanol–water partition coefficient (Wildman–Crippen LogP) is 3.49. The minimum absolute atomic E-state index is 0.124. The number of allylic oxidation sites excluding steroid dienone is 1. The third kappa shape index (κ3) is 2.34. The van der Waals surface area contributed by atoms with Crippen LogP contribution in [0.4, 0.5) is 13.2 Å². The monoisotopic (exact) mass is 186 g/mol. The van der Waals surface area contributed by atoms with Crippen LogP contribution in [-0.2, 0) is 6.42 Å². The first-order chi connectivity index (χ1) is 6.15. The summed E-state index contributed by atoms with van der Waals surface area (Å²) in [4.78, 5) is 0. The molecular weight excluding hydrogens is 177 g/mol. The fraction of sp³-hybridized carbons (Fsp3) is 0.200. The standard InChI is InChI=1S/C10H9F3/c1-2-3-7-6-8(11)4-5-9(7)10(12)13/h2,4-6,10H,1,3H2. The molecule has 0 aromatic heterocycles. The van der Waals surface area contributed by atoms with Gasteiger partial charge >= 0.3 is 0 Å². The molecule has 0 bridgehead atoms. The lowest BCUT2D eigenvalue weighted by molar-refractivity contribution is 0.150. The van der Waals surface area contributed by atoms with Crippen LogP contribution in [0.15, 0.2) is 30.9 Å². The molecule has 0 atom stereocenters. The van der Waals surface area contributed by atoms with Crippen LogP contribution in [0.1, 0.15) is 17.6 Å². The van der Waals surface area contributed by atoms with Crippen molar-refractivity contribution in [3.8, 4) is 0 Å². The molecule has 0 nitrogen and oxygen atoms in total. The molecule has 0 aliphatic carbocycles. The minimum atomic E-state index is -2.56. The fourth-order valence-electron chi connectivity index (χ4n) is 1.12. The van der Waals surface area contributed by atoms with E-state index in [-0.39, 0.29) is 12.0 Å². The molecular formula is C10H9F3. The third-order valence-corrected chi connectivity index (χ3v) is 1.70. The summed E-state index contributed by atoms with van der Waals surface area (Å²) in [6, 6.07) is 3.26. The summed E-state index contributed by atoms with van der Waals surface area (Å²) >= 11 is 0. The zero-order valence-corrected chi connectivity index (χ0v) is 6.93. The highest BCUT2D eigenvalue weighted by atomic mass is 19.3. The van der Waals surface area contributed by atoms with Crippen molar-refractivity contribution in [3.63, 3.8) is 0 Å². The summed E-state index contributed by atoms with van der Waals surface area (Å²) in [5.74, 6) is -0.499. The zero-order valence-electron chi connectivity index (χ0n) is 6.93. The molecule has 13 heavy (non-hydrogen) atoms. The van der Waals surface area contributed by atoms with Crippen molar-refractivity contribution in [1.29, 1.82) is 0 Å². The second kappa shape index (κ2) is 4.12. The molecule has 0 radical (unpaired) electrons. The first-order valence-electron chi connectivity index (χ1n) is 3.82. The van der Waals surface area contributed by atoms with Gasteiger partial charge in [-0.2, -0.15) is 0 Å². The van der Waals surface area contributed by atoms with Gasteiger partial charge in [0.05, 0.1) is 0 Å². The van der Waals surface area contributed by atoms with Gasteiger partial charge in [-0.25, -0.2) is 13.2 Å². The van der Waals surface area contributed by atoms with Crippen LogP contribution in [0.25, 0.3) is 0 Å². The average Bonchev–Trinajstić information content (AvgIpc) is 2.04. The molecule has 0 saturated carbocycles. The molecule has 0 heterocycles. The van der Waals surface area contributed by atoms with Crippen molar-refractivity contribution in [1.82, 2.24) is 0 Å². The Kier molecular flexibility index (Phi) is 3.12. The highest BCUT2D eigenvalue weighted by Gasteiger charge is 2.12. The van der Waals surface area contributed by atoms with Crippen LogP contribution in [0, 0.1) is 5.82 Å². The summed E-state index contributed by atoms with van der Waals surface area (Å²) in [6.45, 7) is 3.42. The maximum Gasteiger partial charge on any atom is 0.264 e. The number of hydrogen-bond acceptors (Lipinski definition) is 0. The Morgan fingerprint density at radius 1 is 1.38 bits per heavy atom. The maximum atomic E-state index is 12.7. The van der Waals surface area contributed by atoms with Crippen molar-refractivity contribution in [2.24, 2.45) is 0 Å². The van der Waals surface area contributed by atoms with Crippen molar-refractivity contribution in [2.45, 2.75) is 12.8 Å². The van der Waals surface area contributed by atoms with Crippen LogP contribution in [0.5, 0.6) is 0 Å². The molecule has 70 valence electrons. The number of rotatable bonds is 3. The Bertz CT molecular complexity index is 305. The summed E-state index contributed by atoms with van der Waals surface area (Å²) in [5, 5.41) is 0. The van der Waals surface area contributed by atoms with Gasteiger partial charge in [0.2, 0.25) is 0 Å². The van der Waals surface area contributed by atoms with E-state index in [2.05, 4.69) is 6.58 Å². The van der Waals surface area contributed by atoms with Crippen LogP contribution in [0.2, 0.25) is 0 Å². The van der Waals surface area contributed by atoms with Crippen molar-refractivity contribution in [2.75, 3.05) is 0 Å². The van der Waals surface area contributed by atoms with Gasteiger partial charge in [0, 0.05) is 5.56 Å². The van der Waals surface area contributed by atoms with Gasteiger partial charge in [0.15, 0.2) is 0 Å². The molecule has 0 fully saturated rings. The van der Waals surface area contributed by atoms with Gasteiger partial charge in [0.1, 0.15) is 5.82 Å². The second-order valence-corrected chi connectivity index (χ2v) is 2.64. The molecule has 0 aliphatic heterocycles. The minimum Gasteiger partial charge on any atom is -0.207 e. The highest BCUT2D eigenvalue weighted by Crippen LogP contribution is 2.24. The molecule has 0 spiro atoms. The summed E-state index contributed by atoms with van der Waals surface area (Å²) in [7, 11) is 0. The Balaban J connectivity index is 3.10. The van der Waals surface area contributed by atoms with E-state index in [1.54, 1.807) is 0 Å². The highest BCUT2D eigenvalue weighted by molar-refractivity contribution is 5.30. The van der Waals surface area contributed by atoms with E-state index < -0.39 is 12.2 Å². The number of benzene rings is 1. The van der Waals surface area contributed by atoms with Gasteiger partial charge in [-0.15, -0.1) is 6.58 Å². The van der Waals surface area contributed by atoms with Crippen LogP contribution in [-0.4, -0.2) is 0 Å². The lowest BCUT2D eigenvalue weighted by atomic mass is 10.0. The molecule has 1 aromatic rings. The molecule has 1 aromatic carbocycles. The van der Waals surface area contributed by atoms with Crippen molar-refractivity contribution in [3.05, 3.63) is 47.8 Å². The maximum absolute atomic E-state index is 12.7.